The van der Waals surface area contributed by atoms with Gasteiger partial charge in [-0.15, -0.1) is 0 Å². The number of aromatic nitrogens is 5. The molecule has 2 atom stereocenters. The third-order valence-electron chi connectivity index (χ3n) is 4.46. The van der Waals surface area contributed by atoms with Gasteiger partial charge in [-0.1, -0.05) is 0 Å². The zero-order valence-electron chi connectivity index (χ0n) is 13.0. The average Bonchev–Trinajstić information content (AvgIpc) is 3.21. The first kappa shape index (κ1) is 14.1. The monoisotopic (exact) mass is 314 g/mol. The van der Waals surface area contributed by atoms with E-state index in [2.05, 4.69) is 20.1 Å². The molecule has 120 valence electrons. The molecule has 0 radical (unpaired) electrons. The molecule has 4 rings (SSSR count). The van der Waals surface area contributed by atoms with Crippen LogP contribution in [0.1, 0.15) is 43.6 Å². The maximum Gasteiger partial charge on any atom is 0.246 e. The molecule has 8 nitrogen and oxygen atoms in total. The standard InChI is InChI=1S/C15H18N6O2/c1-8-10(14-17-5-6-23-14)18-11(16)13-19-12(20-21(8)13)9-3-4-15(2,22)7-9/h5-6,9,22H,3-4,7H2,1-2H3,(H2,16,18)/t9-,15-/m1/s1. The number of nitrogens with zero attached hydrogens (tertiary/aromatic N) is 5. The molecule has 3 aromatic rings. The molecule has 1 aliphatic rings. The predicted molar refractivity (Wildman–Crippen MR) is 82.6 cm³/mol. The van der Waals surface area contributed by atoms with E-state index >= 15 is 0 Å². The summed E-state index contributed by atoms with van der Waals surface area (Å²) in [6, 6.07) is 0. The smallest absolute Gasteiger partial charge is 0.246 e. The number of oxazole rings is 1. The van der Waals surface area contributed by atoms with Crippen LogP contribution in [0.15, 0.2) is 16.9 Å². The molecular weight excluding hydrogens is 296 g/mol. The van der Waals surface area contributed by atoms with Crippen molar-refractivity contribution in [2.45, 2.75) is 44.6 Å². The third-order valence-corrected chi connectivity index (χ3v) is 4.46. The van der Waals surface area contributed by atoms with Gasteiger partial charge in [-0.25, -0.2) is 19.5 Å². The summed E-state index contributed by atoms with van der Waals surface area (Å²) in [7, 11) is 0. The van der Waals surface area contributed by atoms with Crippen molar-refractivity contribution in [3.8, 4) is 11.6 Å². The van der Waals surface area contributed by atoms with Gasteiger partial charge in [0.05, 0.1) is 17.5 Å². The van der Waals surface area contributed by atoms with Crippen LogP contribution in [0.25, 0.3) is 17.2 Å². The van der Waals surface area contributed by atoms with Gasteiger partial charge in [0.2, 0.25) is 5.89 Å². The largest absolute Gasteiger partial charge is 0.443 e. The predicted octanol–water partition coefficient (Wildman–Crippen LogP) is 1.69. The van der Waals surface area contributed by atoms with Gasteiger partial charge < -0.3 is 15.3 Å². The third kappa shape index (κ3) is 2.26. The molecule has 0 bridgehead atoms. The summed E-state index contributed by atoms with van der Waals surface area (Å²) in [5.74, 6) is 1.52. The van der Waals surface area contributed by atoms with Crippen LogP contribution in [0.3, 0.4) is 0 Å². The van der Waals surface area contributed by atoms with E-state index in [0.29, 0.717) is 29.5 Å². The molecule has 0 amide bonds. The van der Waals surface area contributed by atoms with Crippen LogP contribution >= 0.6 is 0 Å². The number of nitrogens with two attached hydrogens (primary N) is 1. The number of aryl methyl sites for hydroxylation is 1. The first-order valence-corrected chi connectivity index (χ1v) is 7.59. The summed E-state index contributed by atoms with van der Waals surface area (Å²) in [5.41, 5.74) is 7.24. The summed E-state index contributed by atoms with van der Waals surface area (Å²) in [4.78, 5) is 13.0. The summed E-state index contributed by atoms with van der Waals surface area (Å²) in [5, 5.41) is 14.8. The first-order valence-electron chi connectivity index (χ1n) is 7.59. The zero-order chi connectivity index (χ0) is 16.2. The topological polar surface area (TPSA) is 115 Å². The van der Waals surface area contributed by atoms with Crippen LogP contribution in [-0.4, -0.2) is 35.3 Å². The van der Waals surface area contributed by atoms with Crippen LogP contribution < -0.4 is 5.73 Å². The van der Waals surface area contributed by atoms with E-state index in [9.17, 15) is 5.11 Å². The number of nitrogen functional groups attached to an aromatic ring is 1. The molecule has 3 aromatic heterocycles. The van der Waals surface area contributed by atoms with Gasteiger partial charge in [0.25, 0.3) is 0 Å². The molecule has 1 saturated carbocycles. The normalized spacial score (nSPS) is 24.6. The quantitative estimate of drug-likeness (QED) is 0.739. The number of hydrogen-bond acceptors (Lipinski definition) is 7. The minimum Gasteiger partial charge on any atom is -0.443 e. The minimum absolute atomic E-state index is 0.133. The molecule has 1 aliphatic carbocycles. The highest BCUT2D eigenvalue weighted by molar-refractivity contribution is 5.66. The lowest BCUT2D eigenvalue weighted by Gasteiger charge is -2.14. The van der Waals surface area contributed by atoms with Crippen molar-refractivity contribution in [1.82, 2.24) is 24.6 Å². The first-order chi connectivity index (χ1) is 10.9. The lowest BCUT2D eigenvalue weighted by atomic mass is 10.0. The highest BCUT2D eigenvalue weighted by Crippen LogP contribution is 2.39. The Morgan fingerprint density at radius 1 is 1.43 bits per heavy atom. The molecule has 0 aliphatic heterocycles. The van der Waals surface area contributed by atoms with Gasteiger partial charge in [0.1, 0.15) is 12.0 Å². The van der Waals surface area contributed by atoms with E-state index < -0.39 is 5.60 Å². The summed E-state index contributed by atoms with van der Waals surface area (Å²) in [6.45, 7) is 3.73. The fraction of sp³-hybridized carbons (Fsp3) is 0.467. The van der Waals surface area contributed by atoms with Gasteiger partial charge in [-0.3, -0.25) is 0 Å². The Labute approximate surface area is 132 Å². The minimum atomic E-state index is -0.649. The van der Waals surface area contributed by atoms with Crippen LogP contribution in [0.4, 0.5) is 5.82 Å². The van der Waals surface area contributed by atoms with Crippen LogP contribution in [0, 0.1) is 6.92 Å². The maximum absolute atomic E-state index is 10.2. The molecule has 0 saturated heterocycles. The maximum atomic E-state index is 10.2. The van der Waals surface area contributed by atoms with Crippen molar-refractivity contribution in [1.29, 1.82) is 0 Å². The van der Waals surface area contributed by atoms with Gasteiger partial charge >= 0.3 is 0 Å². The number of hydrogen-bond donors (Lipinski definition) is 2. The number of rotatable bonds is 2. The Morgan fingerprint density at radius 2 is 2.26 bits per heavy atom. The molecule has 0 unspecified atom stereocenters. The van der Waals surface area contributed by atoms with E-state index in [0.717, 1.165) is 18.5 Å². The van der Waals surface area contributed by atoms with Crippen molar-refractivity contribution in [2.75, 3.05) is 5.73 Å². The van der Waals surface area contributed by atoms with Crippen molar-refractivity contribution in [3.63, 3.8) is 0 Å². The van der Waals surface area contributed by atoms with E-state index in [4.69, 9.17) is 10.2 Å². The number of fused-ring (bicyclic) bond motifs is 1. The second-order valence-corrected chi connectivity index (χ2v) is 6.41. The van der Waals surface area contributed by atoms with Crippen LogP contribution in [0.5, 0.6) is 0 Å². The highest BCUT2D eigenvalue weighted by Gasteiger charge is 2.36. The van der Waals surface area contributed by atoms with Crippen molar-refractivity contribution >= 4 is 11.5 Å². The second kappa shape index (κ2) is 4.76. The summed E-state index contributed by atoms with van der Waals surface area (Å²) >= 11 is 0. The Bertz CT molecular complexity index is 868. The van der Waals surface area contributed by atoms with Crippen LogP contribution in [0.2, 0.25) is 0 Å². The van der Waals surface area contributed by atoms with Crippen molar-refractivity contribution < 1.29 is 9.52 Å². The van der Waals surface area contributed by atoms with E-state index in [1.807, 2.05) is 13.8 Å². The lowest BCUT2D eigenvalue weighted by molar-refractivity contribution is 0.0662. The van der Waals surface area contributed by atoms with Crippen molar-refractivity contribution in [2.24, 2.45) is 0 Å². The molecule has 3 N–H and O–H groups in total. The van der Waals surface area contributed by atoms with Crippen LogP contribution in [-0.2, 0) is 0 Å². The van der Waals surface area contributed by atoms with Gasteiger partial charge in [-0.2, -0.15) is 5.10 Å². The fourth-order valence-corrected chi connectivity index (χ4v) is 3.24. The van der Waals surface area contributed by atoms with Crippen molar-refractivity contribution in [3.05, 3.63) is 24.0 Å². The second-order valence-electron chi connectivity index (χ2n) is 6.41. The summed E-state index contributed by atoms with van der Waals surface area (Å²) in [6.07, 6.45) is 5.32. The molecule has 0 aromatic carbocycles. The van der Waals surface area contributed by atoms with Gasteiger partial charge in [-0.05, 0) is 33.1 Å². The van der Waals surface area contributed by atoms with E-state index in [1.54, 1.807) is 10.7 Å². The molecule has 1 fully saturated rings. The fourth-order valence-electron chi connectivity index (χ4n) is 3.24. The average molecular weight is 314 g/mol. The van der Waals surface area contributed by atoms with E-state index in [-0.39, 0.29) is 11.7 Å². The molecule has 3 heterocycles. The molecule has 8 heteroatoms. The Hall–Kier alpha value is -2.48. The highest BCUT2D eigenvalue weighted by atomic mass is 16.3. The zero-order valence-corrected chi connectivity index (χ0v) is 13.0. The Kier molecular flexibility index (Phi) is 2.92. The molecule has 0 spiro atoms. The lowest BCUT2D eigenvalue weighted by Crippen LogP contribution is -2.18. The summed E-state index contributed by atoms with van der Waals surface area (Å²) < 4.78 is 7.00. The SMILES string of the molecule is Cc1c(-c2ncco2)nc(N)c2nc([C@@H]3CC[C@@](C)(O)C3)nn12. The Balaban J connectivity index is 1.83. The number of aliphatic hydroxyl groups is 1. The molecule has 23 heavy (non-hydrogen) atoms. The molecular formula is C15H18N6O2. The number of anilines is 1. The van der Waals surface area contributed by atoms with E-state index in [1.165, 1.54) is 6.26 Å². The Morgan fingerprint density at radius 3 is 2.91 bits per heavy atom. The van der Waals surface area contributed by atoms with Gasteiger partial charge in [0, 0.05) is 5.92 Å². The van der Waals surface area contributed by atoms with Gasteiger partial charge in [0.15, 0.2) is 17.3 Å².